The molecule has 0 aliphatic rings. The molecule has 0 unspecified atom stereocenters. The smallest absolute Gasteiger partial charge is 0.328 e. The molecule has 102 valence electrons. The molecule has 1 aromatic rings. The maximum atomic E-state index is 11.9. The predicted octanol–water partition coefficient (Wildman–Crippen LogP) is 1.86. The molecular formula is C11H11BrN2O5. The average Bonchev–Trinajstić information content (AvgIpc) is 2.28. The van der Waals surface area contributed by atoms with Crippen molar-refractivity contribution in [3.8, 4) is 0 Å². The zero-order valence-electron chi connectivity index (χ0n) is 10.2. The molecule has 1 aromatic heterocycles. The minimum atomic E-state index is -1.13. The average molecular weight is 331 g/mol. The Hall–Kier alpha value is -1.96. The summed E-state index contributed by atoms with van der Waals surface area (Å²) < 4.78 is 1.20. The molecule has 0 saturated heterocycles. The van der Waals surface area contributed by atoms with Gasteiger partial charge in [-0.25, -0.2) is 4.79 Å². The molecule has 19 heavy (non-hydrogen) atoms. The van der Waals surface area contributed by atoms with Crippen LogP contribution in [0.3, 0.4) is 0 Å². The number of hydrogen-bond donors (Lipinski definition) is 1. The zero-order valence-corrected chi connectivity index (χ0v) is 11.8. The highest BCUT2D eigenvalue weighted by atomic mass is 79.9. The number of hydrogen-bond acceptors (Lipinski definition) is 4. The van der Waals surface area contributed by atoms with Gasteiger partial charge in [-0.05, 0) is 35.4 Å². The molecule has 0 radical (unpaired) electrons. The van der Waals surface area contributed by atoms with Crippen molar-refractivity contribution in [1.82, 2.24) is 4.57 Å². The Morgan fingerprint density at radius 2 is 2.21 bits per heavy atom. The molecule has 8 heteroatoms. The summed E-state index contributed by atoms with van der Waals surface area (Å²) in [6.45, 7) is 2.97. The van der Waals surface area contributed by atoms with E-state index in [9.17, 15) is 19.7 Å². The Kier molecular flexibility index (Phi) is 4.60. The fourth-order valence-electron chi connectivity index (χ4n) is 1.53. The lowest BCUT2D eigenvalue weighted by molar-refractivity contribution is -0.386. The fourth-order valence-corrected chi connectivity index (χ4v) is 1.96. The van der Waals surface area contributed by atoms with Crippen LogP contribution in [0.25, 0.3) is 0 Å². The number of aromatic nitrogens is 1. The second kappa shape index (κ2) is 5.79. The molecule has 0 saturated carbocycles. The van der Waals surface area contributed by atoms with Gasteiger partial charge in [-0.1, -0.05) is 0 Å². The van der Waals surface area contributed by atoms with E-state index in [0.29, 0.717) is 5.57 Å². The SMILES string of the molecule is C/C(=C/C(=O)O)Cn1cc([N+](=O)[O-])c(C)c(Br)c1=O. The molecule has 0 atom stereocenters. The maximum Gasteiger partial charge on any atom is 0.328 e. The van der Waals surface area contributed by atoms with Crippen molar-refractivity contribution in [2.24, 2.45) is 0 Å². The van der Waals surface area contributed by atoms with Gasteiger partial charge in [0.1, 0.15) is 0 Å². The van der Waals surface area contributed by atoms with Gasteiger partial charge in [0, 0.05) is 18.2 Å². The fraction of sp³-hybridized carbons (Fsp3) is 0.273. The van der Waals surface area contributed by atoms with Gasteiger partial charge in [0.15, 0.2) is 0 Å². The minimum Gasteiger partial charge on any atom is -0.478 e. The molecule has 0 amide bonds. The van der Waals surface area contributed by atoms with Gasteiger partial charge in [0.05, 0.1) is 15.6 Å². The second-order valence-corrected chi connectivity index (χ2v) is 4.77. The number of halogens is 1. The largest absolute Gasteiger partial charge is 0.478 e. The molecule has 0 aromatic carbocycles. The zero-order chi connectivity index (χ0) is 14.7. The van der Waals surface area contributed by atoms with E-state index in [-0.39, 0.29) is 22.3 Å². The summed E-state index contributed by atoms with van der Waals surface area (Å²) in [4.78, 5) is 32.7. The quantitative estimate of drug-likeness (QED) is 0.515. The normalized spacial score (nSPS) is 11.4. The summed E-state index contributed by atoms with van der Waals surface area (Å²) in [6, 6.07) is 0. The van der Waals surface area contributed by atoms with E-state index < -0.39 is 16.5 Å². The first-order valence-electron chi connectivity index (χ1n) is 5.18. The highest BCUT2D eigenvalue weighted by molar-refractivity contribution is 9.10. The van der Waals surface area contributed by atoms with Crippen LogP contribution in [0.4, 0.5) is 5.69 Å². The topological polar surface area (TPSA) is 102 Å². The van der Waals surface area contributed by atoms with Crippen LogP contribution in [0.2, 0.25) is 0 Å². The van der Waals surface area contributed by atoms with Crippen molar-refractivity contribution in [2.75, 3.05) is 0 Å². The third-order valence-electron chi connectivity index (χ3n) is 2.43. The number of carboxylic acid groups (broad SMARTS) is 1. The third-order valence-corrected chi connectivity index (χ3v) is 3.36. The number of nitro groups is 1. The third kappa shape index (κ3) is 3.50. The van der Waals surface area contributed by atoms with Gasteiger partial charge >= 0.3 is 5.97 Å². The number of aliphatic carboxylic acids is 1. The van der Waals surface area contributed by atoms with Gasteiger partial charge in [-0.2, -0.15) is 0 Å². The highest BCUT2D eigenvalue weighted by Gasteiger charge is 2.18. The van der Waals surface area contributed by atoms with Crippen molar-refractivity contribution >= 4 is 27.6 Å². The van der Waals surface area contributed by atoms with Gasteiger partial charge in [-0.3, -0.25) is 14.9 Å². The number of carbonyl (C=O) groups is 1. The van der Waals surface area contributed by atoms with E-state index in [1.165, 1.54) is 13.8 Å². The van der Waals surface area contributed by atoms with Crippen LogP contribution in [0, 0.1) is 17.0 Å². The molecule has 1 heterocycles. The van der Waals surface area contributed by atoms with E-state index in [1.807, 2.05) is 0 Å². The molecule has 0 aliphatic heterocycles. The number of carboxylic acids is 1. The summed E-state index contributed by atoms with van der Waals surface area (Å²) in [5.41, 5.74) is 0.00149. The first-order chi connectivity index (χ1) is 8.73. The lowest BCUT2D eigenvalue weighted by Crippen LogP contribution is -2.22. The first kappa shape index (κ1) is 15.1. The second-order valence-electron chi connectivity index (χ2n) is 3.97. The Balaban J connectivity index is 3.34. The maximum absolute atomic E-state index is 11.9. The van der Waals surface area contributed by atoms with Crippen molar-refractivity contribution in [1.29, 1.82) is 0 Å². The summed E-state index contributed by atoms with van der Waals surface area (Å²) in [5.74, 6) is -1.13. The van der Waals surface area contributed by atoms with Crippen LogP contribution in [0.15, 0.2) is 27.1 Å². The van der Waals surface area contributed by atoms with E-state index in [4.69, 9.17) is 5.11 Å². The van der Waals surface area contributed by atoms with Gasteiger partial charge in [0.2, 0.25) is 0 Å². The van der Waals surface area contributed by atoms with Crippen LogP contribution < -0.4 is 5.56 Å². The molecular weight excluding hydrogens is 320 g/mol. The van der Waals surface area contributed by atoms with Crippen LogP contribution in [-0.4, -0.2) is 20.6 Å². The number of rotatable bonds is 4. The summed E-state index contributed by atoms with van der Waals surface area (Å²) >= 11 is 3.02. The van der Waals surface area contributed by atoms with Gasteiger partial charge in [0.25, 0.3) is 11.2 Å². The van der Waals surface area contributed by atoms with E-state index in [1.54, 1.807) is 0 Å². The summed E-state index contributed by atoms with van der Waals surface area (Å²) in [7, 11) is 0. The lowest BCUT2D eigenvalue weighted by Gasteiger charge is -2.08. The molecule has 1 rings (SSSR count). The van der Waals surface area contributed by atoms with Gasteiger partial charge < -0.3 is 9.67 Å². The van der Waals surface area contributed by atoms with Crippen LogP contribution >= 0.6 is 15.9 Å². The van der Waals surface area contributed by atoms with Gasteiger partial charge in [-0.15, -0.1) is 0 Å². The Bertz CT molecular complexity index is 633. The van der Waals surface area contributed by atoms with Crippen molar-refractivity contribution in [3.63, 3.8) is 0 Å². The van der Waals surface area contributed by atoms with Crippen LogP contribution in [0.5, 0.6) is 0 Å². The van der Waals surface area contributed by atoms with E-state index in [2.05, 4.69) is 15.9 Å². The number of pyridine rings is 1. The van der Waals surface area contributed by atoms with E-state index >= 15 is 0 Å². The lowest BCUT2D eigenvalue weighted by atomic mass is 10.2. The summed E-state index contributed by atoms with van der Waals surface area (Å²) in [5, 5.41) is 19.5. The van der Waals surface area contributed by atoms with Crippen molar-refractivity contribution in [3.05, 3.63) is 48.4 Å². The Morgan fingerprint density at radius 3 is 2.68 bits per heavy atom. The standard InChI is InChI=1S/C11H11BrN2O5/c1-6(3-9(15)16)4-13-5-8(14(18)19)7(2)10(12)11(13)17/h3,5H,4H2,1-2H3,(H,15,16)/b6-3-. The number of nitrogens with zero attached hydrogens (tertiary/aromatic N) is 2. The Labute approximate surface area is 116 Å². The van der Waals surface area contributed by atoms with Crippen molar-refractivity contribution < 1.29 is 14.8 Å². The Morgan fingerprint density at radius 1 is 1.63 bits per heavy atom. The number of allylic oxidation sites excluding steroid dienone is 1. The highest BCUT2D eigenvalue weighted by Crippen LogP contribution is 2.22. The van der Waals surface area contributed by atoms with Crippen molar-refractivity contribution in [2.45, 2.75) is 20.4 Å². The van der Waals surface area contributed by atoms with E-state index in [0.717, 1.165) is 16.8 Å². The minimum absolute atomic E-state index is 0.0230. The molecule has 7 nitrogen and oxygen atoms in total. The molecule has 0 fully saturated rings. The van der Waals surface area contributed by atoms with Crippen LogP contribution in [-0.2, 0) is 11.3 Å². The summed E-state index contributed by atoms with van der Waals surface area (Å²) in [6.07, 6.45) is 2.06. The molecule has 0 spiro atoms. The predicted molar refractivity (Wildman–Crippen MR) is 71.2 cm³/mol. The monoisotopic (exact) mass is 330 g/mol. The molecule has 0 bridgehead atoms. The first-order valence-corrected chi connectivity index (χ1v) is 5.97. The van der Waals surface area contributed by atoms with Crippen LogP contribution in [0.1, 0.15) is 12.5 Å². The molecule has 0 aliphatic carbocycles. The molecule has 1 N–H and O–H groups in total.